The van der Waals surface area contributed by atoms with Gasteiger partial charge in [0, 0.05) is 12.7 Å². The lowest BCUT2D eigenvalue weighted by Crippen LogP contribution is -2.31. The molecule has 0 aromatic heterocycles. The van der Waals surface area contributed by atoms with Crippen LogP contribution in [-0.2, 0) is 0 Å². The molecule has 0 saturated heterocycles. The molecule has 0 bridgehead atoms. The Balaban J connectivity index is 2.42. The minimum absolute atomic E-state index is 0.255. The first kappa shape index (κ1) is 12.8. The van der Waals surface area contributed by atoms with Crippen molar-refractivity contribution in [1.82, 2.24) is 10.6 Å². The van der Waals surface area contributed by atoms with E-state index in [1.54, 1.807) is 25.5 Å². The zero-order valence-corrected chi connectivity index (χ0v) is 9.77. The molecule has 4 nitrogen and oxygen atoms in total. The lowest BCUT2D eigenvalue weighted by atomic mass is 10.2. The van der Waals surface area contributed by atoms with Crippen molar-refractivity contribution in [3.63, 3.8) is 0 Å². The fraction of sp³-hybridized carbons (Fsp3) is 0.154. The van der Waals surface area contributed by atoms with Crippen molar-refractivity contribution in [3.05, 3.63) is 48.7 Å². The monoisotopic (exact) mass is 232 g/mol. The summed E-state index contributed by atoms with van der Waals surface area (Å²) >= 11 is 0. The molecule has 90 valence electrons. The van der Waals surface area contributed by atoms with Gasteiger partial charge >= 0.3 is 6.03 Å². The van der Waals surface area contributed by atoms with Crippen molar-refractivity contribution in [3.8, 4) is 5.75 Å². The maximum absolute atomic E-state index is 11.2. The number of carbonyl (C=O) groups is 1. The second-order valence-electron chi connectivity index (χ2n) is 3.25. The number of rotatable bonds is 5. The van der Waals surface area contributed by atoms with Gasteiger partial charge in [0.2, 0.25) is 0 Å². The van der Waals surface area contributed by atoms with Crippen LogP contribution in [-0.4, -0.2) is 19.7 Å². The average molecular weight is 232 g/mol. The highest BCUT2D eigenvalue weighted by atomic mass is 16.5. The summed E-state index contributed by atoms with van der Waals surface area (Å²) in [5, 5.41) is 5.18. The Morgan fingerprint density at radius 1 is 1.41 bits per heavy atom. The molecule has 1 aromatic rings. The predicted octanol–water partition coefficient (Wildman–Crippen LogP) is 2.15. The second kappa shape index (κ2) is 7.11. The third-order valence-electron chi connectivity index (χ3n) is 2.01. The maximum atomic E-state index is 11.2. The number of ether oxygens (including phenoxy) is 1. The number of amides is 2. The van der Waals surface area contributed by atoms with Crippen LogP contribution in [0.3, 0.4) is 0 Å². The molecule has 0 fully saturated rings. The van der Waals surface area contributed by atoms with E-state index in [-0.39, 0.29) is 6.03 Å². The summed E-state index contributed by atoms with van der Waals surface area (Å²) in [6.07, 6.45) is 5.00. The van der Waals surface area contributed by atoms with Gasteiger partial charge in [-0.15, -0.1) is 6.58 Å². The summed E-state index contributed by atoms with van der Waals surface area (Å²) in [7, 11) is 1.62. The van der Waals surface area contributed by atoms with Crippen molar-refractivity contribution in [2.75, 3.05) is 13.7 Å². The summed E-state index contributed by atoms with van der Waals surface area (Å²) in [5.74, 6) is 0.804. The minimum atomic E-state index is -0.255. The topological polar surface area (TPSA) is 50.4 Å². The lowest BCUT2D eigenvalue weighted by Gasteiger charge is -2.01. The van der Waals surface area contributed by atoms with E-state index in [1.807, 2.05) is 24.3 Å². The molecule has 0 spiro atoms. The van der Waals surface area contributed by atoms with Gasteiger partial charge in [0.15, 0.2) is 0 Å². The lowest BCUT2D eigenvalue weighted by molar-refractivity contribution is 0.245. The molecule has 0 saturated carbocycles. The number of hydrogen-bond acceptors (Lipinski definition) is 2. The molecule has 0 radical (unpaired) electrons. The first-order chi connectivity index (χ1) is 8.26. The predicted molar refractivity (Wildman–Crippen MR) is 68.8 cm³/mol. The van der Waals surface area contributed by atoms with Gasteiger partial charge in [0.1, 0.15) is 5.75 Å². The first-order valence-electron chi connectivity index (χ1n) is 5.22. The Bertz CT molecular complexity index is 396. The molecule has 2 amide bonds. The van der Waals surface area contributed by atoms with E-state index >= 15 is 0 Å². The largest absolute Gasteiger partial charge is 0.497 e. The fourth-order valence-electron chi connectivity index (χ4n) is 1.14. The SMILES string of the molecule is C=CCNC(=O)N/C=C/c1ccc(OC)cc1. The van der Waals surface area contributed by atoms with Crippen molar-refractivity contribution in [2.24, 2.45) is 0 Å². The quantitative estimate of drug-likeness (QED) is 0.764. The van der Waals surface area contributed by atoms with E-state index in [1.165, 1.54) is 0 Å². The fourth-order valence-corrected chi connectivity index (χ4v) is 1.14. The molecule has 0 unspecified atom stereocenters. The zero-order chi connectivity index (χ0) is 12.5. The second-order valence-corrected chi connectivity index (χ2v) is 3.25. The van der Waals surface area contributed by atoms with Crippen LogP contribution in [0.15, 0.2) is 43.1 Å². The van der Waals surface area contributed by atoms with Crippen LogP contribution < -0.4 is 15.4 Å². The molecule has 2 N–H and O–H groups in total. The number of carbonyl (C=O) groups excluding carboxylic acids is 1. The van der Waals surface area contributed by atoms with Crippen LogP contribution >= 0.6 is 0 Å². The molecule has 0 aliphatic heterocycles. The van der Waals surface area contributed by atoms with E-state index < -0.39 is 0 Å². The maximum Gasteiger partial charge on any atom is 0.319 e. The molecule has 4 heteroatoms. The van der Waals surface area contributed by atoms with Crippen LogP contribution in [0.25, 0.3) is 6.08 Å². The Morgan fingerprint density at radius 3 is 2.71 bits per heavy atom. The van der Waals surface area contributed by atoms with Crippen molar-refractivity contribution < 1.29 is 9.53 Å². The highest BCUT2D eigenvalue weighted by Crippen LogP contribution is 2.11. The van der Waals surface area contributed by atoms with Gasteiger partial charge in [-0.3, -0.25) is 0 Å². The van der Waals surface area contributed by atoms with E-state index in [0.717, 1.165) is 11.3 Å². The number of nitrogens with one attached hydrogen (secondary N) is 2. The third kappa shape index (κ3) is 4.88. The van der Waals surface area contributed by atoms with Crippen molar-refractivity contribution >= 4 is 12.1 Å². The third-order valence-corrected chi connectivity index (χ3v) is 2.01. The van der Waals surface area contributed by atoms with Crippen LogP contribution in [0.4, 0.5) is 4.79 Å². The van der Waals surface area contributed by atoms with E-state index in [9.17, 15) is 4.79 Å². The number of hydrogen-bond donors (Lipinski definition) is 2. The summed E-state index contributed by atoms with van der Waals surface area (Å²) in [4.78, 5) is 11.2. The molecule has 0 atom stereocenters. The molecule has 0 aliphatic rings. The van der Waals surface area contributed by atoms with Gasteiger partial charge in [-0.05, 0) is 23.8 Å². The summed E-state index contributed by atoms with van der Waals surface area (Å²) in [6.45, 7) is 3.95. The van der Waals surface area contributed by atoms with Crippen molar-refractivity contribution in [1.29, 1.82) is 0 Å². The van der Waals surface area contributed by atoms with Gasteiger partial charge in [0.05, 0.1) is 7.11 Å². The van der Waals surface area contributed by atoms with Gasteiger partial charge < -0.3 is 15.4 Å². The van der Waals surface area contributed by atoms with Crippen LogP contribution in [0, 0.1) is 0 Å². The van der Waals surface area contributed by atoms with Gasteiger partial charge in [-0.2, -0.15) is 0 Å². The number of benzene rings is 1. The smallest absolute Gasteiger partial charge is 0.319 e. The Kier molecular flexibility index (Phi) is 5.37. The van der Waals surface area contributed by atoms with Gasteiger partial charge in [-0.1, -0.05) is 18.2 Å². The zero-order valence-electron chi connectivity index (χ0n) is 9.77. The van der Waals surface area contributed by atoms with Crippen LogP contribution in [0.5, 0.6) is 5.75 Å². The standard InChI is InChI=1S/C13H16N2O2/c1-3-9-14-13(16)15-10-8-11-4-6-12(17-2)7-5-11/h3-8,10H,1,9H2,2H3,(H2,14,15,16)/b10-8+. The molecule has 1 aromatic carbocycles. The minimum Gasteiger partial charge on any atom is -0.497 e. The summed E-state index contributed by atoms with van der Waals surface area (Å²) < 4.78 is 5.04. The Labute approximate surface area is 101 Å². The van der Waals surface area contributed by atoms with Crippen LogP contribution in [0.2, 0.25) is 0 Å². The Hall–Kier alpha value is -2.23. The van der Waals surface area contributed by atoms with Gasteiger partial charge in [0.25, 0.3) is 0 Å². The number of methoxy groups -OCH3 is 1. The first-order valence-corrected chi connectivity index (χ1v) is 5.22. The Morgan fingerprint density at radius 2 is 2.12 bits per heavy atom. The average Bonchev–Trinajstić information content (AvgIpc) is 2.37. The van der Waals surface area contributed by atoms with E-state index in [2.05, 4.69) is 17.2 Å². The summed E-state index contributed by atoms with van der Waals surface area (Å²) in [6, 6.07) is 7.27. The number of urea groups is 1. The highest BCUT2D eigenvalue weighted by Gasteiger charge is 1.93. The molecule has 0 heterocycles. The highest BCUT2D eigenvalue weighted by molar-refractivity contribution is 5.76. The van der Waals surface area contributed by atoms with E-state index in [4.69, 9.17) is 4.74 Å². The molecular weight excluding hydrogens is 216 g/mol. The van der Waals surface area contributed by atoms with Crippen molar-refractivity contribution in [2.45, 2.75) is 0 Å². The van der Waals surface area contributed by atoms with E-state index in [0.29, 0.717) is 6.54 Å². The van der Waals surface area contributed by atoms with Gasteiger partial charge in [-0.25, -0.2) is 4.79 Å². The summed E-state index contributed by atoms with van der Waals surface area (Å²) in [5.41, 5.74) is 0.981. The molecule has 17 heavy (non-hydrogen) atoms. The molecule has 0 aliphatic carbocycles. The molecule has 1 rings (SSSR count). The molecular formula is C13H16N2O2. The van der Waals surface area contributed by atoms with Crippen LogP contribution in [0.1, 0.15) is 5.56 Å². The normalized spacial score (nSPS) is 9.94.